The van der Waals surface area contributed by atoms with Crippen molar-refractivity contribution in [1.29, 1.82) is 0 Å². The highest BCUT2D eigenvalue weighted by Crippen LogP contribution is 2.19. The van der Waals surface area contributed by atoms with Crippen LogP contribution in [0.1, 0.15) is 418 Å². The van der Waals surface area contributed by atoms with Crippen LogP contribution in [0.5, 0.6) is 0 Å². The number of carbonyl (C=O) groups is 2. The predicted octanol–water partition coefficient (Wildman–Crippen LogP) is 25.2. The summed E-state index contributed by atoms with van der Waals surface area (Å²) in [6.45, 7) is 4.91. The molecule has 0 fully saturated rings. The van der Waals surface area contributed by atoms with Crippen LogP contribution in [0.15, 0.2) is 48.6 Å². The molecule has 0 aromatic rings. The molecule has 0 aromatic carbocycles. The normalized spacial score (nSPS) is 12.8. The Morgan fingerprint density at radius 2 is 0.588 bits per heavy atom. The van der Waals surface area contributed by atoms with Crippen molar-refractivity contribution < 1.29 is 24.5 Å². The number of carbonyl (C=O) groups excluding carboxylic acids is 2. The number of hydrogen-bond acceptors (Lipinski definition) is 5. The summed E-state index contributed by atoms with van der Waals surface area (Å²) in [4.78, 5) is 24.6. The molecule has 0 aliphatic rings. The standard InChI is InChI=1S/C79H149NO5/c1-3-5-7-9-11-13-15-17-18-19-20-21-33-36-39-42-45-48-51-55-59-63-67-71-77(82)76(75-81)80-78(83)72-68-64-60-56-52-49-46-43-40-37-34-31-29-27-25-23-22-24-26-28-30-32-35-38-41-44-47-50-54-58-62-66-70-74-85-79(84)73-69-65-61-57-53-16-14-12-10-8-6-4-2/h12,14,26,28,32,35,67,71,76-77,81-82H,3-11,13,15-25,27,29-31,33-34,36-66,68-70,72-75H2,1-2H3,(H,80,83)/b14-12-,28-26-,35-32-,71-67+. The number of unbranched alkanes of at least 4 members (excludes halogenated alkanes) is 55. The summed E-state index contributed by atoms with van der Waals surface area (Å²) in [5.41, 5.74) is 0. The van der Waals surface area contributed by atoms with Gasteiger partial charge in [0.25, 0.3) is 0 Å². The van der Waals surface area contributed by atoms with Crippen LogP contribution in [-0.4, -0.2) is 47.4 Å². The van der Waals surface area contributed by atoms with Crippen LogP contribution in [0.25, 0.3) is 0 Å². The molecule has 2 unspecified atom stereocenters. The minimum atomic E-state index is -0.845. The number of amides is 1. The van der Waals surface area contributed by atoms with Crippen molar-refractivity contribution in [1.82, 2.24) is 5.32 Å². The van der Waals surface area contributed by atoms with Gasteiger partial charge in [0.15, 0.2) is 0 Å². The van der Waals surface area contributed by atoms with Crippen LogP contribution in [-0.2, 0) is 14.3 Å². The Morgan fingerprint density at radius 3 is 0.929 bits per heavy atom. The maximum absolute atomic E-state index is 12.5. The quantitative estimate of drug-likeness (QED) is 0.0320. The third kappa shape index (κ3) is 70.8. The summed E-state index contributed by atoms with van der Waals surface area (Å²) in [5, 5.41) is 23.3. The smallest absolute Gasteiger partial charge is 0.305 e. The molecule has 0 aromatic heterocycles. The van der Waals surface area contributed by atoms with Gasteiger partial charge in [-0.25, -0.2) is 0 Å². The Hall–Kier alpha value is -2.18. The molecular weight excluding hydrogens is 1040 g/mol. The Bertz CT molecular complexity index is 1420. The molecule has 6 nitrogen and oxygen atoms in total. The average Bonchev–Trinajstić information content (AvgIpc) is 3.51. The van der Waals surface area contributed by atoms with Crippen LogP contribution in [0.4, 0.5) is 0 Å². The summed E-state index contributed by atoms with van der Waals surface area (Å²) < 4.78 is 5.47. The number of nitrogens with one attached hydrogen (secondary N) is 1. The van der Waals surface area contributed by atoms with Gasteiger partial charge < -0.3 is 20.3 Å². The Kier molecular flexibility index (Phi) is 72.4. The number of ether oxygens (including phenoxy) is 1. The highest BCUT2D eigenvalue weighted by Gasteiger charge is 2.18. The summed E-state index contributed by atoms with van der Waals surface area (Å²) in [7, 11) is 0. The monoisotopic (exact) mass is 1190 g/mol. The molecule has 0 heterocycles. The second-order valence-electron chi connectivity index (χ2n) is 26.3. The summed E-state index contributed by atoms with van der Waals surface area (Å²) in [6.07, 6.45) is 97.9. The third-order valence-corrected chi connectivity index (χ3v) is 17.8. The molecule has 0 aliphatic carbocycles. The van der Waals surface area contributed by atoms with Crippen LogP contribution in [0, 0.1) is 0 Å². The number of esters is 1. The minimum absolute atomic E-state index is 0.00406. The van der Waals surface area contributed by atoms with Gasteiger partial charge in [-0.15, -0.1) is 0 Å². The van der Waals surface area contributed by atoms with Crippen LogP contribution < -0.4 is 5.32 Å². The molecule has 0 radical (unpaired) electrons. The number of aliphatic hydroxyl groups excluding tert-OH is 2. The van der Waals surface area contributed by atoms with Gasteiger partial charge in [-0.05, 0) is 89.9 Å². The van der Waals surface area contributed by atoms with E-state index in [1.807, 2.05) is 6.08 Å². The first-order valence-electron chi connectivity index (χ1n) is 38.4. The molecule has 0 bridgehead atoms. The molecule has 2 atom stereocenters. The molecule has 0 spiro atoms. The highest BCUT2D eigenvalue weighted by molar-refractivity contribution is 5.76. The molecule has 500 valence electrons. The van der Waals surface area contributed by atoms with Crippen molar-refractivity contribution in [3.63, 3.8) is 0 Å². The minimum Gasteiger partial charge on any atom is -0.466 e. The van der Waals surface area contributed by atoms with Crippen LogP contribution in [0.3, 0.4) is 0 Å². The lowest BCUT2D eigenvalue weighted by atomic mass is 10.0. The third-order valence-electron chi connectivity index (χ3n) is 17.8. The zero-order valence-electron chi connectivity index (χ0n) is 57.4. The summed E-state index contributed by atoms with van der Waals surface area (Å²) in [6, 6.07) is -0.628. The Balaban J connectivity index is 3.41. The lowest BCUT2D eigenvalue weighted by Gasteiger charge is -2.20. The zero-order valence-corrected chi connectivity index (χ0v) is 57.4. The van der Waals surface area contributed by atoms with Crippen molar-refractivity contribution in [3.05, 3.63) is 48.6 Å². The number of hydrogen-bond donors (Lipinski definition) is 3. The van der Waals surface area contributed by atoms with Crippen molar-refractivity contribution in [2.75, 3.05) is 13.2 Å². The molecule has 0 rings (SSSR count). The van der Waals surface area contributed by atoms with E-state index in [0.717, 1.165) is 51.4 Å². The first kappa shape index (κ1) is 82.8. The van der Waals surface area contributed by atoms with Gasteiger partial charge in [-0.2, -0.15) is 0 Å². The van der Waals surface area contributed by atoms with E-state index in [2.05, 4.69) is 55.6 Å². The van der Waals surface area contributed by atoms with Crippen molar-refractivity contribution >= 4 is 11.9 Å². The fourth-order valence-electron chi connectivity index (χ4n) is 12.0. The van der Waals surface area contributed by atoms with E-state index in [4.69, 9.17) is 4.74 Å². The van der Waals surface area contributed by atoms with Gasteiger partial charge in [-0.3, -0.25) is 9.59 Å². The highest BCUT2D eigenvalue weighted by atomic mass is 16.5. The topological polar surface area (TPSA) is 95.9 Å². The van der Waals surface area contributed by atoms with Crippen LogP contribution >= 0.6 is 0 Å². The van der Waals surface area contributed by atoms with Gasteiger partial charge in [0, 0.05) is 12.8 Å². The van der Waals surface area contributed by atoms with Gasteiger partial charge >= 0.3 is 5.97 Å². The van der Waals surface area contributed by atoms with E-state index in [-0.39, 0.29) is 18.5 Å². The molecule has 3 N–H and O–H groups in total. The van der Waals surface area contributed by atoms with E-state index in [9.17, 15) is 19.8 Å². The van der Waals surface area contributed by atoms with Crippen molar-refractivity contribution in [2.24, 2.45) is 0 Å². The maximum Gasteiger partial charge on any atom is 0.305 e. The second-order valence-corrected chi connectivity index (χ2v) is 26.3. The molecule has 1 amide bonds. The fourth-order valence-corrected chi connectivity index (χ4v) is 12.0. The van der Waals surface area contributed by atoms with E-state index >= 15 is 0 Å². The van der Waals surface area contributed by atoms with E-state index in [0.29, 0.717) is 19.4 Å². The SMILES string of the molecule is CCCCC/C=C\CCCCCCCC(=O)OCCCCCCCCCCC/C=C\C/C=C\CCCCCCCCCCCCCCCCCCCC(=O)NC(CO)C(O)/C=C/CCCCCCCCCCCCCCCCCCCCCCC. The average molecular weight is 1190 g/mol. The summed E-state index contributed by atoms with van der Waals surface area (Å²) in [5.74, 6) is -0.0578. The summed E-state index contributed by atoms with van der Waals surface area (Å²) >= 11 is 0. The largest absolute Gasteiger partial charge is 0.466 e. The van der Waals surface area contributed by atoms with Gasteiger partial charge in [0.1, 0.15) is 0 Å². The van der Waals surface area contributed by atoms with E-state index < -0.39 is 12.1 Å². The molecule has 6 heteroatoms. The molecule has 85 heavy (non-hydrogen) atoms. The van der Waals surface area contributed by atoms with Crippen molar-refractivity contribution in [2.45, 2.75) is 431 Å². The number of aliphatic hydroxyl groups is 2. The lowest BCUT2D eigenvalue weighted by molar-refractivity contribution is -0.143. The maximum atomic E-state index is 12.5. The van der Waals surface area contributed by atoms with Gasteiger partial charge in [-0.1, -0.05) is 364 Å². The number of rotatable bonds is 72. The second kappa shape index (κ2) is 74.3. The van der Waals surface area contributed by atoms with Crippen molar-refractivity contribution in [3.8, 4) is 0 Å². The predicted molar refractivity (Wildman–Crippen MR) is 375 cm³/mol. The molecule has 0 saturated carbocycles. The Labute approximate surface area is 531 Å². The lowest BCUT2D eigenvalue weighted by Crippen LogP contribution is -2.45. The van der Waals surface area contributed by atoms with Gasteiger partial charge in [0.2, 0.25) is 5.91 Å². The molecular formula is C79H149NO5. The van der Waals surface area contributed by atoms with Gasteiger partial charge in [0.05, 0.1) is 25.4 Å². The van der Waals surface area contributed by atoms with Crippen LogP contribution in [0.2, 0.25) is 0 Å². The number of allylic oxidation sites excluding steroid dienone is 7. The first-order chi connectivity index (χ1) is 42.0. The Morgan fingerprint density at radius 1 is 0.329 bits per heavy atom. The van der Waals surface area contributed by atoms with E-state index in [1.54, 1.807) is 6.08 Å². The fraction of sp³-hybridized carbons (Fsp3) is 0.873. The molecule has 0 saturated heterocycles. The van der Waals surface area contributed by atoms with E-state index in [1.165, 1.54) is 340 Å². The molecule has 0 aliphatic heterocycles. The first-order valence-corrected chi connectivity index (χ1v) is 38.4. The zero-order chi connectivity index (χ0) is 61.3.